The van der Waals surface area contributed by atoms with Crippen LogP contribution in [0.4, 0.5) is 5.69 Å². The Kier molecular flexibility index (Phi) is 4.78. The first kappa shape index (κ1) is 14.1. The van der Waals surface area contributed by atoms with Crippen molar-refractivity contribution < 1.29 is 19.2 Å². The van der Waals surface area contributed by atoms with Gasteiger partial charge in [0.15, 0.2) is 0 Å². The van der Waals surface area contributed by atoms with Gasteiger partial charge in [-0.2, -0.15) is 0 Å². The summed E-state index contributed by atoms with van der Waals surface area (Å²) in [5.41, 5.74) is -0.130. The first-order valence-corrected chi connectivity index (χ1v) is 5.54. The van der Waals surface area contributed by atoms with Crippen molar-refractivity contribution in [2.24, 2.45) is 0 Å². The number of halogens is 1. The number of benzene rings is 1. The van der Waals surface area contributed by atoms with Crippen LogP contribution in [0.25, 0.3) is 0 Å². The first-order valence-electron chi connectivity index (χ1n) is 4.74. The summed E-state index contributed by atoms with van der Waals surface area (Å²) in [7, 11) is 1.19. The average molecular weight is 317 g/mol. The number of hydrogen-bond acceptors (Lipinski definition) is 5. The zero-order valence-electron chi connectivity index (χ0n) is 9.31. The number of nitrogens with one attached hydrogen (secondary N) is 1. The summed E-state index contributed by atoms with van der Waals surface area (Å²) in [6.07, 6.45) is 0. The van der Waals surface area contributed by atoms with Crippen LogP contribution in [0.5, 0.6) is 0 Å². The first-order chi connectivity index (χ1) is 8.45. The van der Waals surface area contributed by atoms with E-state index in [0.717, 1.165) is 6.07 Å². The number of amides is 1. The van der Waals surface area contributed by atoms with Gasteiger partial charge in [0.05, 0.1) is 17.6 Å². The largest absolute Gasteiger partial charge is 0.468 e. The minimum absolute atomic E-state index is 0.0769. The Morgan fingerprint density at radius 1 is 1.50 bits per heavy atom. The van der Waals surface area contributed by atoms with E-state index in [1.54, 1.807) is 0 Å². The minimum atomic E-state index is -0.608. The lowest BCUT2D eigenvalue weighted by Crippen LogP contribution is -2.30. The zero-order chi connectivity index (χ0) is 13.7. The second-order valence-electron chi connectivity index (χ2n) is 3.18. The normalized spacial score (nSPS) is 9.67. The number of methoxy groups -OCH3 is 1. The zero-order valence-corrected chi connectivity index (χ0v) is 10.9. The van der Waals surface area contributed by atoms with Crippen molar-refractivity contribution in [1.82, 2.24) is 5.32 Å². The highest BCUT2D eigenvalue weighted by Crippen LogP contribution is 2.22. The van der Waals surface area contributed by atoms with Crippen molar-refractivity contribution in [3.05, 3.63) is 38.3 Å². The molecule has 1 rings (SSSR count). The number of nitro groups is 1. The molecule has 0 bridgehead atoms. The van der Waals surface area contributed by atoms with E-state index in [-0.39, 0.29) is 17.8 Å². The van der Waals surface area contributed by atoms with E-state index >= 15 is 0 Å². The summed E-state index contributed by atoms with van der Waals surface area (Å²) >= 11 is 3.10. The Hall–Kier alpha value is -1.96. The Morgan fingerprint density at radius 3 is 2.72 bits per heavy atom. The Balaban J connectivity index is 2.87. The Bertz CT molecular complexity index is 503. The van der Waals surface area contributed by atoms with Crippen molar-refractivity contribution in [2.45, 2.75) is 0 Å². The summed E-state index contributed by atoms with van der Waals surface area (Å²) in [4.78, 5) is 32.5. The fourth-order valence-corrected chi connectivity index (χ4v) is 1.55. The van der Waals surface area contributed by atoms with Gasteiger partial charge in [0.25, 0.3) is 11.6 Å². The summed E-state index contributed by atoms with van der Waals surface area (Å²) in [5.74, 6) is -1.21. The molecule has 1 amide bonds. The molecule has 1 aromatic rings. The lowest BCUT2D eigenvalue weighted by molar-refractivity contribution is -0.384. The predicted molar refractivity (Wildman–Crippen MR) is 65.1 cm³/mol. The van der Waals surface area contributed by atoms with E-state index in [9.17, 15) is 19.7 Å². The SMILES string of the molecule is COC(=O)CNC(=O)c1cc([N+](=O)[O-])ccc1Br. The molecule has 0 saturated heterocycles. The monoisotopic (exact) mass is 316 g/mol. The number of carbonyl (C=O) groups excluding carboxylic acids is 2. The molecular weight excluding hydrogens is 308 g/mol. The van der Waals surface area contributed by atoms with Crippen LogP contribution in [-0.4, -0.2) is 30.5 Å². The molecule has 1 aromatic carbocycles. The topological polar surface area (TPSA) is 98.5 Å². The number of hydrogen-bond donors (Lipinski definition) is 1. The maximum Gasteiger partial charge on any atom is 0.325 e. The van der Waals surface area contributed by atoms with Crippen LogP contribution in [0.15, 0.2) is 22.7 Å². The summed E-state index contributed by atoms with van der Waals surface area (Å²) in [5, 5.41) is 12.9. The molecule has 96 valence electrons. The number of nitro benzene ring substituents is 1. The smallest absolute Gasteiger partial charge is 0.325 e. The highest BCUT2D eigenvalue weighted by atomic mass is 79.9. The van der Waals surface area contributed by atoms with Gasteiger partial charge in [-0.05, 0) is 22.0 Å². The molecule has 0 radical (unpaired) electrons. The second kappa shape index (κ2) is 6.10. The average Bonchev–Trinajstić information content (AvgIpc) is 2.35. The van der Waals surface area contributed by atoms with Crippen LogP contribution >= 0.6 is 15.9 Å². The van der Waals surface area contributed by atoms with E-state index in [1.807, 2.05) is 0 Å². The Morgan fingerprint density at radius 2 is 2.17 bits per heavy atom. The molecule has 18 heavy (non-hydrogen) atoms. The third-order valence-electron chi connectivity index (χ3n) is 2.03. The van der Waals surface area contributed by atoms with E-state index in [4.69, 9.17) is 0 Å². The molecule has 0 aromatic heterocycles. The lowest BCUT2D eigenvalue weighted by atomic mass is 10.2. The standard InChI is InChI=1S/C10H9BrN2O5/c1-18-9(14)5-12-10(15)7-4-6(13(16)17)2-3-8(7)11/h2-4H,5H2,1H3,(H,12,15). The third kappa shape index (κ3) is 3.52. The fourth-order valence-electron chi connectivity index (χ4n) is 1.12. The van der Waals surface area contributed by atoms with Gasteiger partial charge < -0.3 is 10.1 Å². The molecule has 8 heteroatoms. The maximum absolute atomic E-state index is 11.7. The number of rotatable bonds is 4. The van der Waals surface area contributed by atoms with Gasteiger partial charge in [-0.25, -0.2) is 0 Å². The maximum atomic E-state index is 11.7. The van der Waals surface area contributed by atoms with Crippen LogP contribution in [0.2, 0.25) is 0 Å². The predicted octanol–water partition coefficient (Wildman–Crippen LogP) is 1.26. The minimum Gasteiger partial charge on any atom is -0.468 e. The number of carbonyl (C=O) groups is 2. The van der Waals surface area contributed by atoms with Crippen LogP contribution in [0.3, 0.4) is 0 Å². The number of ether oxygens (including phenoxy) is 1. The Labute approximate surface area is 110 Å². The molecule has 0 aliphatic carbocycles. The quantitative estimate of drug-likeness (QED) is 0.512. The van der Waals surface area contributed by atoms with Crippen LogP contribution in [0, 0.1) is 10.1 Å². The van der Waals surface area contributed by atoms with E-state index in [0.29, 0.717) is 4.47 Å². The van der Waals surface area contributed by atoms with Gasteiger partial charge in [-0.3, -0.25) is 19.7 Å². The molecule has 1 N–H and O–H groups in total. The molecule has 0 fully saturated rings. The summed E-state index contributed by atoms with van der Waals surface area (Å²) in [6.45, 7) is -0.301. The highest BCUT2D eigenvalue weighted by Gasteiger charge is 2.16. The number of non-ortho nitro benzene ring substituents is 1. The molecular formula is C10H9BrN2O5. The lowest BCUT2D eigenvalue weighted by Gasteiger charge is -2.05. The molecule has 0 atom stereocenters. The molecule has 0 aliphatic rings. The van der Waals surface area contributed by atoms with E-state index in [1.165, 1.54) is 19.2 Å². The molecule has 0 aliphatic heterocycles. The fraction of sp³-hybridized carbons (Fsp3) is 0.200. The van der Waals surface area contributed by atoms with Crippen LogP contribution < -0.4 is 5.32 Å². The van der Waals surface area contributed by atoms with Crippen LogP contribution in [-0.2, 0) is 9.53 Å². The van der Waals surface area contributed by atoms with Crippen LogP contribution in [0.1, 0.15) is 10.4 Å². The van der Waals surface area contributed by atoms with Gasteiger partial charge in [0.2, 0.25) is 0 Å². The van der Waals surface area contributed by atoms with Crippen molar-refractivity contribution in [2.75, 3.05) is 13.7 Å². The van der Waals surface area contributed by atoms with Crippen molar-refractivity contribution in [3.63, 3.8) is 0 Å². The summed E-state index contributed by atoms with van der Waals surface area (Å²) < 4.78 is 4.75. The van der Waals surface area contributed by atoms with Crippen molar-refractivity contribution in [1.29, 1.82) is 0 Å². The van der Waals surface area contributed by atoms with E-state index in [2.05, 4.69) is 26.0 Å². The van der Waals surface area contributed by atoms with Gasteiger partial charge in [0.1, 0.15) is 6.54 Å². The number of nitrogens with zero attached hydrogens (tertiary/aromatic N) is 1. The van der Waals surface area contributed by atoms with Gasteiger partial charge >= 0.3 is 5.97 Å². The molecule has 0 spiro atoms. The molecule has 0 unspecified atom stereocenters. The molecule has 0 heterocycles. The summed E-state index contributed by atoms with van der Waals surface area (Å²) in [6, 6.07) is 3.78. The van der Waals surface area contributed by atoms with Gasteiger partial charge in [-0.15, -0.1) is 0 Å². The molecule has 0 saturated carbocycles. The van der Waals surface area contributed by atoms with Crippen molar-refractivity contribution in [3.8, 4) is 0 Å². The van der Waals surface area contributed by atoms with Gasteiger partial charge in [0, 0.05) is 16.6 Å². The van der Waals surface area contributed by atoms with Crippen molar-refractivity contribution >= 4 is 33.5 Å². The molecule has 7 nitrogen and oxygen atoms in total. The van der Waals surface area contributed by atoms with Gasteiger partial charge in [-0.1, -0.05) is 0 Å². The second-order valence-corrected chi connectivity index (χ2v) is 4.03. The highest BCUT2D eigenvalue weighted by molar-refractivity contribution is 9.10. The number of esters is 1. The third-order valence-corrected chi connectivity index (χ3v) is 2.72. The van der Waals surface area contributed by atoms with E-state index < -0.39 is 16.8 Å².